The molecule has 0 heterocycles. The predicted molar refractivity (Wildman–Crippen MR) is 91.7 cm³/mol. The molecule has 10 nitrogen and oxygen atoms in total. The molecule has 0 atom stereocenters. The van der Waals surface area contributed by atoms with Gasteiger partial charge in [-0.25, -0.2) is 8.42 Å². The first-order valence-electron chi connectivity index (χ1n) is 7.03. The van der Waals surface area contributed by atoms with Gasteiger partial charge in [0.2, 0.25) is 5.75 Å². The second-order valence-electron chi connectivity index (χ2n) is 4.93. The molecule has 2 N–H and O–H groups in total. The molecule has 2 aromatic carbocycles. The standard InChI is InChI=1S/C15H16N2O8S/c1-23-13-6-9(7-14(24-2)15(13)25-3)16-26(21,22)10-4-5-12(18)11(8-10)17(19)20/h4-8,16,18H,1-3H3. The largest absolute Gasteiger partial charge is 0.502 e. The van der Waals surface area contributed by atoms with Crippen molar-refractivity contribution in [1.82, 2.24) is 0 Å². The topological polar surface area (TPSA) is 137 Å². The summed E-state index contributed by atoms with van der Waals surface area (Å²) in [6.07, 6.45) is 0. The van der Waals surface area contributed by atoms with E-state index in [1.807, 2.05) is 0 Å². The van der Waals surface area contributed by atoms with E-state index in [2.05, 4.69) is 4.72 Å². The number of phenolic OH excluding ortho intramolecular Hbond substituents is 1. The van der Waals surface area contributed by atoms with Gasteiger partial charge < -0.3 is 19.3 Å². The number of anilines is 1. The number of hydrogen-bond acceptors (Lipinski definition) is 8. The van der Waals surface area contributed by atoms with Crippen molar-refractivity contribution in [3.05, 3.63) is 40.4 Å². The quantitative estimate of drug-likeness (QED) is 0.547. The Morgan fingerprint density at radius 2 is 1.62 bits per heavy atom. The molecule has 0 aromatic heterocycles. The monoisotopic (exact) mass is 384 g/mol. The number of sulfonamides is 1. The molecule has 0 aliphatic rings. The zero-order valence-corrected chi connectivity index (χ0v) is 14.9. The van der Waals surface area contributed by atoms with Crippen LogP contribution in [0.4, 0.5) is 11.4 Å². The molecule has 0 bridgehead atoms. The summed E-state index contributed by atoms with van der Waals surface area (Å²) < 4.78 is 42.7. The highest BCUT2D eigenvalue weighted by molar-refractivity contribution is 7.92. The lowest BCUT2D eigenvalue weighted by Gasteiger charge is -2.15. The number of rotatable bonds is 7. The van der Waals surface area contributed by atoms with Gasteiger partial charge in [-0.1, -0.05) is 0 Å². The van der Waals surface area contributed by atoms with E-state index in [4.69, 9.17) is 14.2 Å². The first-order chi connectivity index (χ1) is 12.2. The van der Waals surface area contributed by atoms with E-state index in [0.29, 0.717) is 0 Å². The highest BCUT2D eigenvalue weighted by Gasteiger charge is 2.22. The number of nitrogens with zero attached hydrogens (tertiary/aromatic N) is 1. The second kappa shape index (κ2) is 7.35. The Kier molecular flexibility index (Phi) is 5.41. The first kappa shape index (κ1) is 19.1. The molecule has 0 aliphatic carbocycles. The molecular formula is C15H16N2O8S. The van der Waals surface area contributed by atoms with Gasteiger partial charge in [0, 0.05) is 18.2 Å². The van der Waals surface area contributed by atoms with Crippen LogP contribution in [0.25, 0.3) is 0 Å². The van der Waals surface area contributed by atoms with Gasteiger partial charge in [-0.15, -0.1) is 0 Å². The van der Waals surface area contributed by atoms with Gasteiger partial charge in [-0.05, 0) is 12.1 Å². The number of hydrogen-bond donors (Lipinski definition) is 2. The van der Waals surface area contributed by atoms with Crippen LogP contribution in [0.1, 0.15) is 0 Å². The lowest BCUT2D eigenvalue weighted by atomic mass is 10.2. The Bertz CT molecular complexity index is 918. The van der Waals surface area contributed by atoms with Crippen LogP contribution in [0.3, 0.4) is 0 Å². The van der Waals surface area contributed by atoms with Crippen molar-refractivity contribution in [2.45, 2.75) is 4.90 Å². The number of nitro groups is 1. The maximum absolute atomic E-state index is 12.5. The number of nitro benzene ring substituents is 1. The van der Waals surface area contributed by atoms with E-state index >= 15 is 0 Å². The first-order valence-corrected chi connectivity index (χ1v) is 8.52. The van der Waals surface area contributed by atoms with Crippen molar-refractivity contribution < 1.29 is 32.7 Å². The molecule has 0 saturated heterocycles. The van der Waals surface area contributed by atoms with Gasteiger partial charge in [0.1, 0.15) is 0 Å². The van der Waals surface area contributed by atoms with Crippen LogP contribution in [0.2, 0.25) is 0 Å². The van der Waals surface area contributed by atoms with Gasteiger partial charge in [-0.2, -0.15) is 0 Å². The summed E-state index contributed by atoms with van der Waals surface area (Å²) in [5.41, 5.74) is -0.631. The highest BCUT2D eigenvalue weighted by atomic mass is 32.2. The smallest absolute Gasteiger partial charge is 0.312 e. The van der Waals surface area contributed by atoms with Crippen LogP contribution in [0.5, 0.6) is 23.0 Å². The van der Waals surface area contributed by atoms with Crippen LogP contribution in [0.15, 0.2) is 35.2 Å². The second-order valence-corrected chi connectivity index (χ2v) is 6.61. The van der Waals surface area contributed by atoms with Crippen molar-refractivity contribution >= 4 is 21.4 Å². The van der Waals surface area contributed by atoms with Crippen molar-refractivity contribution in [3.63, 3.8) is 0 Å². The van der Waals surface area contributed by atoms with Gasteiger partial charge in [0.25, 0.3) is 10.0 Å². The molecule has 0 saturated carbocycles. The molecule has 0 aliphatic heterocycles. The summed E-state index contributed by atoms with van der Waals surface area (Å²) in [5, 5.41) is 20.3. The number of methoxy groups -OCH3 is 3. The Hall–Kier alpha value is -3.21. The van der Waals surface area contributed by atoms with Crippen LogP contribution < -0.4 is 18.9 Å². The van der Waals surface area contributed by atoms with E-state index < -0.39 is 31.3 Å². The minimum Gasteiger partial charge on any atom is -0.502 e. The highest BCUT2D eigenvalue weighted by Crippen LogP contribution is 2.40. The number of aromatic hydroxyl groups is 1. The van der Waals surface area contributed by atoms with Crippen LogP contribution in [0, 0.1) is 10.1 Å². The van der Waals surface area contributed by atoms with Crippen molar-refractivity contribution in [1.29, 1.82) is 0 Å². The molecule has 2 aromatic rings. The van der Waals surface area contributed by atoms with Crippen molar-refractivity contribution in [2.24, 2.45) is 0 Å². The van der Waals surface area contributed by atoms with E-state index in [-0.39, 0.29) is 22.9 Å². The summed E-state index contributed by atoms with van der Waals surface area (Å²) >= 11 is 0. The zero-order chi connectivity index (χ0) is 19.5. The van der Waals surface area contributed by atoms with Crippen LogP contribution in [-0.2, 0) is 10.0 Å². The van der Waals surface area contributed by atoms with Gasteiger partial charge in [-0.3, -0.25) is 14.8 Å². The van der Waals surface area contributed by atoms with Gasteiger partial charge >= 0.3 is 5.69 Å². The van der Waals surface area contributed by atoms with E-state index in [1.165, 1.54) is 33.5 Å². The average Bonchev–Trinajstić information content (AvgIpc) is 2.60. The zero-order valence-electron chi connectivity index (χ0n) is 14.0. The van der Waals surface area contributed by atoms with Gasteiger partial charge in [0.15, 0.2) is 17.2 Å². The summed E-state index contributed by atoms with van der Waals surface area (Å²) in [7, 11) is -0.0227. The Morgan fingerprint density at radius 3 is 2.08 bits per heavy atom. The predicted octanol–water partition coefficient (Wildman–Crippen LogP) is 2.13. The summed E-state index contributed by atoms with van der Waals surface area (Å²) in [6, 6.07) is 5.47. The average molecular weight is 384 g/mol. The fourth-order valence-electron chi connectivity index (χ4n) is 2.17. The maximum atomic E-state index is 12.5. The molecule has 0 radical (unpaired) electrons. The van der Waals surface area contributed by atoms with E-state index in [9.17, 15) is 23.6 Å². The third kappa shape index (κ3) is 3.72. The normalized spacial score (nSPS) is 10.9. The summed E-state index contributed by atoms with van der Waals surface area (Å²) in [6.45, 7) is 0. The minimum absolute atomic E-state index is 0.0928. The molecule has 0 fully saturated rings. The number of benzene rings is 2. The van der Waals surface area contributed by atoms with E-state index in [1.54, 1.807) is 0 Å². The minimum atomic E-state index is -4.17. The molecule has 2 rings (SSSR count). The fourth-order valence-corrected chi connectivity index (χ4v) is 3.23. The van der Waals surface area contributed by atoms with Crippen LogP contribution >= 0.6 is 0 Å². The van der Waals surface area contributed by atoms with Crippen LogP contribution in [-0.4, -0.2) is 39.8 Å². The summed E-state index contributed by atoms with van der Waals surface area (Å²) in [4.78, 5) is 9.61. The molecule has 0 amide bonds. The fraction of sp³-hybridized carbons (Fsp3) is 0.200. The Balaban J connectivity index is 2.47. The van der Waals surface area contributed by atoms with Crippen molar-refractivity contribution in [3.8, 4) is 23.0 Å². The summed E-state index contributed by atoms with van der Waals surface area (Å²) in [5.74, 6) is 0.0856. The third-order valence-corrected chi connectivity index (χ3v) is 4.75. The lowest BCUT2D eigenvalue weighted by Crippen LogP contribution is -2.13. The van der Waals surface area contributed by atoms with Gasteiger partial charge in [0.05, 0.1) is 36.8 Å². The SMILES string of the molecule is COc1cc(NS(=O)(=O)c2ccc(O)c([N+](=O)[O-])c2)cc(OC)c1OC. The Morgan fingerprint density at radius 1 is 1.04 bits per heavy atom. The maximum Gasteiger partial charge on any atom is 0.312 e. The molecule has 0 spiro atoms. The molecule has 140 valence electrons. The number of phenols is 1. The number of nitrogens with one attached hydrogen (secondary N) is 1. The van der Waals surface area contributed by atoms with Crippen molar-refractivity contribution in [2.75, 3.05) is 26.1 Å². The molecular weight excluding hydrogens is 368 g/mol. The van der Waals surface area contributed by atoms with E-state index in [0.717, 1.165) is 18.2 Å². The lowest BCUT2D eigenvalue weighted by molar-refractivity contribution is -0.386. The number of ether oxygens (including phenoxy) is 3. The molecule has 26 heavy (non-hydrogen) atoms. The molecule has 0 unspecified atom stereocenters. The third-order valence-electron chi connectivity index (χ3n) is 3.37. The Labute approximate surface area is 149 Å². The molecule has 11 heteroatoms.